The quantitative estimate of drug-likeness (QED) is 0.605. The van der Waals surface area contributed by atoms with Gasteiger partial charge in [0.2, 0.25) is 0 Å². The molecular formula is C14H17HoN4O-. The van der Waals surface area contributed by atoms with Crippen LogP contribution >= 0.6 is 0 Å². The van der Waals surface area contributed by atoms with Gasteiger partial charge in [0.05, 0.1) is 23.6 Å². The molecule has 0 spiro atoms. The van der Waals surface area contributed by atoms with Crippen molar-refractivity contribution in [3.05, 3.63) is 48.6 Å². The largest absolute Gasteiger partial charge is 0.352 e. The second-order valence-electron chi connectivity index (χ2n) is 4.50. The SMILES string of the molecule is [CH2-]C[C@H](C)NC(=O)c1cc(C)ccc1-n1nccn1.[Ho]. The van der Waals surface area contributed by atoms with Crippen LogP contribution in [0.5, 0.6) is 0 Å². The molecule has 2 rings (SSSR count). The predicted molar refractivity (Wildman–Crippen MR) is 73.0 cm³/mol. The number of carbonyl (C=O) groups excluding carboxylic acids is 1. The van der Waals surface area contributed by atoms with Gasteiger partial charge in [-0.1, -0.05) is 11.6 Å². The van der Waals surface area contributed by atoms with Crippen molar-refractivity contribution in [1.82, 2.24) is 20.3 Å². The fourth-order valence-electron chi connectivity index (χ4n) is 1.72. The Morgan fingerprint density at radius 3 is 2.65 bits per heavy atom. The summed E-state index contributed by atoms with van der Waals surface area (Å²) < 4.78 is 0. The Hall–Kier alpha value is -0.910. The summed E-state index contributed by atoms with van der Waals surface area (Å²) in [7, 11) is 0. The van der Waals surface area contributed by atoms with Crippen LogP contribution in [0.25, 0.3) is 5.69 Å². The molecule has 1 aromatic heterocycles. The van der Waals surface area contributed by atoms with Crippen LogP contribution in [-0.4, -0.2) is 26.9 Å². The van der Waals surface area contributed by atoms with E-state index in [1.54, 1.807) is 12.4 Å². The van der Waals surface area contributed by atoms with Crippen molar-refractivity contribution < 1.29 is 42.5 Å². The third-order valence-corrected chi connectivity index (χ3v) is 2.84. The van der Waals surface area contributed by atoms with Gasteiger partial charge < -0.3 is 12.2 Å². The van der Waals surface area contributed by atoms with Crippen molar-refractivity contribution in [3.8, 4) is 5.69 Å². The molecule has 111 valence electrons. The van der Waals surface area contributed by atoms with Crippen LogP contribution < -0.4 is 5.32 Å². The van der Waals surface area contributed by atoms with E-state index in [4.69, 9.17) is 0 Å². The molecule has 0 aliphatic carbocycles. The molecule has 5 nitrogen and oxygen atoms in total. The Balaban J connectivity index is 0.00000200. The molecule has 0 saturated carbocycles. The maximum Gasteiger partial charge on any atom is 0.253 e. The minimum atomic E-state index is -0.132. The molecule has 6 heteroatoms. The summed E-state index contributed by atoms with van der Waals surface area (Å²) in [6, 6.07) is 5.65. The van der Waals surface area contributed by atoms with Crippen molar-refractivity contribution in [2.45, 2.75) is 26.3 Å². The van der Waals surface area contributed by atoms with Gasteiger partial charge in [0.15, 0.2) is 0 Å². The number of carbonyl (C=O) groups is 1. The Kier molecular flexibility index (Phi) is 6.65. The molecule has 0 bridgehead atoms. The first-order chi connectivity index (χ1) is 9.11. The van der Waals surface area contributed by atoms with Gasteiger partial charge >= 0.3 is 0 Å². The monoisotopic (exact) mass is 422 g/mol. The van der Waals surface area contributed by atoms with Crippen molar-refractivity contribution in [2.75, 3.05) is 0 Å². The maximum absolute atomic E-state index is 12.3. The smallest absolute Gasteiger partial charge is 0.253 e. The summed E-state index contributed by atoms with van der Waals surface area (Å²) in [4.78, 5) is 13.7. The molecule has 1 N–H and O–H groups in total. The zero-order chi connectivity index (χ0) is 13.8. The number of aryl methyl sites for hydroxylation is 1. The molecule has 1 heterocycles. The maximum atomic E-state index is 12.3. The summed E-state index contributed by atoms with van der Waals surface area (Å²) in [6.07, 6.45) is 3.81. The van der Waals surface area contributed by atoms with E-state index in [9.17, 15) is 4.79 Å². The third kappa shape index (κ3) is 4.04. The molecule has 0 saturated heterocycles. The van der Waals surface area contributed by atoms with Crippen LogP contribution in [0.15, 0.2) is 30.6 Å². The van der Waals surface area contributed by atoms with Gasteiger partial charge in [-0.3, -0.25) is 4.79 Å². The van der Waals surface area contributed by atoms with Gasteiger partial charge in [0.25, 0.3) is 5.91 Å². The van der Waals surface area contributed by atoms with Gasteiger partial charge in [0, 0.05) is 37.7 Å². The number of nitrogens with one attached hydrogen (secondary N) is 1. The first kappa shape index (κ1) is 17.1. The van der Waals surface area contributed by atoms with Gasteiger partial charge in [0.1, 0.15) is 0 Å². The van der Waals surface area contributed by atoms with Gasteiger partial charge in [-0.2, -0.15) is 21.4 Å². The zero-order valence-electron chi connectivity index (χ0n) is 11.4. The summed E-state index contributed by atoms with van der Waals surface area (Å²) in [5.41, 5.74) is 2.25. The van der Waals surface area contributed by atoms with E-state index < -0.39 is 0 Å². The average molecular weight is 422 g/mol. The summed E-state index contributed by atoms with van der Waals surface area (Å²) in [5.74, 6) is -0.132. The number of amides is 1. The van der Waals surface area contributed by atoms with Crippen LogP contribution in [0.1, 0.15) is 29.3 Å². The van der Waals surface area contributed by atoms with Crippen LogP contribution in [0, 0.1) is 51.6 Å². The number of hydrogen-bond donors (Lipinski definition) is 1. The van der Waals surface area contributed by atoms with E-state index in [-0.39, 0.29) is 49.7 Å². The van der Waals surface area contributed by atoms with Crippen LogP contribution in [0.4, 0.5) is 0 Å². The fraction of sp³-hybridized carbons (Fsp3) is 0.286. The first-order valence-corrected chi connectivity index (χ1v) is 6.19. The van der Waals surface area contributed by atoms with Gasteiger partial charge in [-0.25, -0.2) is 0 Å². The third-order valence-electron chi connectivity index (χ3n) is 2.84. The molecular weight excluding hydrogens is 405 g/mol. The average Bonchev–Trinajstić information content (AvgIpc) is 2.92. The second kappa shape index (κ2) is 7.76. The van der Waals surface area contributed by atoms with E-state index in [0.717, 1.165) is 5.56 Å². The second-order valence-corrected chi connectivity index (χ2v) is 4.50. The number of nitrogens with zero attached hydrogens (tertiary/aromatic N) is 3. The van der Waals surface area contributed by atoms with Crippen LogP contribution in [-0.2, 0) is 0 Å². The molecule has 0 fully saturated rings. The van der Waals surface area contributed by atoms with E-state index >= 15 is 0 Å². The van der Waals surface area contributed by atoms with Crippen molar-refractivity contribution in [3.63, 3.8) is 0 Å². The Morgan fingerprint density at radius 1 is 1.40 bits per heavy atom. The molecule has 1 atom stereocenters. The Labute approximate surface area is 148 Å². The number of aromatic nitrogens is 3. The van der Waals surface area contributed by atoms with Crippen LogP contribution in [0.2, 0.25) is 0 Å². The van der Waals surface area contributed by atoms with Gasteiger partial charge in [-0.15, -0.1) is 0 Å². The minimum Gasteiger partial charge on any atom is -0.352 e. The number of benzene rings is 1. The normalized spacial score (nSPS) is 11.6. The molecule has 2 aromatic rings. The zero-order valence-corrected chi connectivity index (χ0v) is 13.4. The topological polar surface area (TPSA) is 59.8 Å². The van der Waals surface area contributed by atoms with Crippen molar-refractivity contribution in [2.24, 2.45) is 0 Å². The first-order valence-electron chi connectivity index (χ1n) is 6.19. The molecule has 0 unspecified atom stereocenters. The van der Waals surface area contributed by atoms with E-state index in [1.165, 1.54) is 4.80 Å². The van der Waals surface area contributed by atoms with Gasteiger partial charge in [-0.05, 0) is 32.0 Å². The van der Waals surface area contributed by atoms with E-state index in [1.807, 2.05) is 32.0 Å². The molecule has 0 aliphatic rings. The molecule has 0 aliphatic heterocycles. The summed E-state index contributed by atoms with van der Waals surface area (Å²) in [6.45, 7) is 7.65. The molecule has 1 aromatic carbocycles. The molecule has 1 radical (unpaired) electrons. The van der Waals surface area contributed by atoms with Crippen LogP contribution in [0.3, 0.4) is 0 Å². The minimum absolute atomic E-state index is 0. The summed E-state index contributed by atoms with van der Waals surface area (Å²) in [5, 5.41) is 11.0. The van der Waals surface area contributed by atoms with E-state index in [0.29, 0.717) is 17.7 Å². The van der Waals surface area contributed by atoms with Crippen molar-refractivity contribution in [1.29, 1.82) is 0 Å². The fourth-order valence-corrected chi connectivity index (χ4v) is 1.72. The Bertz CT molecular complexity index is 569. The number of hydrogen-bond acceptors (Lipinski definition) is 3. The summed E-state index contributed by atoms with van der Waals surface area (Å²) >= 11 is 0. The standard InChI is InChI=1S/C14H17N4O.Ho/c1-4-11(3)17-14(19)12-9-10(2)5-6-13(12)18-15-7-8-16-18;/h5-9,11H,1,4H2,2-3H3,(H,17,19);/q-1;/t11-;/m0./s1. The number of rotatable bonds is 4. The predicted octanol–water partition coefficient (Wildman–Crippen LogP) is 1.92. The van der Waals surface area contributed by atoms with E-state index in [2.05, 4.69) is 22.4 Å². The van der Waals surface area contributed by atoms with Crippen molar-refractivity contribution >= 4 is 5.91 Å². The Morgan fingerprint density at radius 2 is 2.05 bits per heavy atom. The molecule has 1 amide bonds. The molecule has 20 heavy (non-hydrogen) atoms.